The average Bonchev–Trinajstić information content (AvgIpc) is 2.85. The number of aromatic nitrogens is 1. The van der Waals surface area contributed by atoms with Crippen molar-refractivity contribution >= 4 is 11.9 Å². The van der Waals surface area contributed by atoms with Crippen molar-refractivity contribution in [3.63, 3.8) is 0 Å². The summed E-state index contributed by atoms with van der Waals surface area (Å²) < 4.78 is 18.6. The van der Waals surface area contributed by atoms with Gasteiger partial charge in [0.15, 0.2) is 11.9 Å². The third-order valence-electron chi connectivity index (χ3n) is 3.00. The number of halogens is 1. The highest BCUT2D eigenvalue weighted by molar-refractivity contribution is 5.93. The van der Waals surface area contributed by atoms with E-state index in [4.69, 9.17) is 9.36 Å². The van der Waals surface area contributed by atoms with Crippen LogP contribution >= 0.6 is 0 Å². The van der Waals surface area contributed by atoms with Crippen molar-refractivity contribution in [1.82, 2.24) is 10.2 Å². The van der Waals surface area contributed by atoms with Crippen molar-refractivity contribution < 1.29 is 23.7 Å². The van der Waals surface area contributed by atoms with E-state index in [-0.39, 0.29) is 11.6 Å². The number of amides is 2. The van der Waals surface area contributed by atoms with Gasteiger partial charge >= 0.3 is 6.03 Å². The number of alkyl halides is 1. The summed E-state index contributed by atoms with van der Waals surface area (Å²) in [7, 11) is 1.32. The van der Waals surface area contributed by atoms with Crippen LogP contribution in [0, 0.1) is 0 Å². The van der Waals surface area contributed by atoms with E-state index in [1.165, 1.54) is 27.0 Å². The predicted octanol–water partition coefficient (Wildman–Crippen LogP) is 1.39. The summed E-state index contributed by atoms with van der Waals surface area (Å²) >= 11 is 0. The molecule has 1 aromatic rings. The number of rotatable bonds is 3. The molecule has 2 atom stereocenters. The molecule has 0 aliphatic carbocycles. The molecule has 1 fully saturated rings. The molecule has 7 nitrogen and oxygen atoms in total. The largest absolute Gasteiger partial charge is 0.371 e. The number of nitrogens with zero attached hydrogens (tertiary/aromatic N) is 3. The molecule has 1 saturated heterocycles. The number of carbonyl (C=O) groups is 1. The molecule has 8 heteroatoms. The first-order chi connectivity index (χ1) is 8.77. The molecular formula is C11H16FN3O4. The van der Waals surface area contributed by atoms with Gasteiger partial charge in [-0.15, -0.1) is 0 Å². The highest BCUT2D eigenvalue weighted by Crippen LogP contribution is 2.32. The van der Waals surface area contributed by atoms with Gasteiger partial charge in [0.25, 0.3) is 0 Å². The number of urea groups is 1. The van der Waals surface area contributed by atoms with Gasteiger partial charge < -0.3 is 9.63 Å². The highest BCUT2D eigenvalue weighted by atomic mass is 19.1. The second-order valence-electron chi connectivity index (χ2n) is 4.84. The van der Waals surface area contributed by atoms with Gasteiger partial charge in [-0.1, -0.05) is 5.16 Å². The minimum atomic E-state index is -1.69. The van der Waals surface area contributed by atoms with Crippen LogP contribution in [0.25, 0.3) is 0 Å². The lowest BCUT2D eigenvalue weighted by atomic mass is 10.1. The van der Waals surface area contributed by atoms with E-state index < -0.39 is 24.0 Å². The number of hydrogen-bond acceptors (Lipinski definition) is 5. The monoisotopic (exact) mass is 273 g/mol. The zero-order valence-corrected chi connectivity index (χ0v) is 11.1. The van der Waals surface area contributed by atoms with Gasteiger partial charge in [0.1, 0.15) is 11.7 Å². The standard InChI is InChI=1S/C11H16FN3O4/c1-6-9(16)14(10(17)15(6)18-4)8-5-7(13-19-8)11(2,3)12/h5-6,9,16H,1-4H3. The van der Waals surface area contributed by atoms with Crippen molar-refractivity contribution in [3.8, 4) is 0 Å². The van der Waals surface area contributed by atoms with Gasteiger partial charge in [-0.3, -0.25) is 4.84 Å². The number of hydrogen-bond donors (Lipinski definition) is 1. The highest BCUT2D eigenvalue weighted by Gasteiger charge is 2.46. The predicted molar refractivity (Wildman–Crippen MR) is 62.8 cm³/mol. The first-order valence-corrected chi connectivity index (χ1v) is 5.78. The fraction of sp³-hybridized carbons (Fsp3) is 0.636. The summed E-state index contributed by atoms with van der Waals surface area (Å²) in [4.78, 5) is 17.8. The van der Waals surface area contributed by atoms with Crippen LogP contribution in [-0.4, -0.2) is 40.7 Å². The maximum Gasteiger partial charge on any atom is 0.353 e. The van der Waals surface area contributed by atoms with Gasteiger partial charge in [0.2, 0.25) is 5.88 Å². The topological polar surface area (TPSA) is 79.0 Å². The number of anilines is 1. The molecule has 1 aliphatic rings. The molecule has 0 bridgehead atoms. The minimum absolute atomic E-state index is 0.0235. The number of hydroxylamine groups is 2. The van der Waals surface area contributed by atoms with E-state index in [2.05, 4.69) is 5.16 Å². The minimum Gasteiger partial charge on any atom is -0.371 e. The smallest absolute Gasteiger partial charge is 0.353 e. The lowest BCUT2D eigenvalue weighted by molar-refractivity contribution is -0.111. The van der Waals surface area contributed by atoms with Crippen LogP contribution < -0.4 is 4.90 Å². The van der Waals surface area contributed by atoms with E-state index >= 15 is 0 Å². The molecular weight excluding hydrogens is 257 g/mol. The Kier molecular flexibility index (Phi) is 3.23. The second-order valence-corrected chi connectivity index (χ2v) is 4.84. The molecule has 0 saturated carbocycles. The molecule has 2 unspecified atom stereocenters. The molecule has 2 heterocycles. The maximum absolute atomic E-state index is 13.7. The summed E-state index contributed by atoms with van der Waals surface area (Å²) in [5.41, 5.74) is -1.65. The fourth-order valence-electron chi connectivity index (χ4n) is 1.86. The van der Waals surface area contributed by atoms with Crippen LogP contribution in [0.1, 0.15) is 26.5 Å². The van der Waals surface area contributed by atoms with Crippen LogP contribution in [0.2, 0.25) is 0 Å². The van der Waals surface area contributed by atoms with E-state index in [1.54, 1.807) is 6.92 Å². The Labute approximate surface area is 109 Å². The molecule has 0 radical (unpaired) electrons. The third kappa shape index (κ3) is 2.17. The third-order valence-corrected chi connectivity index (χ3v) is 3.00. The Bertz CT molecular complexity index is 485. The number of aliphatic hydroxyl groups is 1. The molecule has 2 rings (SSSR count). The van der Waals surface area contributed by atoms with Gasteiger partial charge in [0, 0.05) is 6.07 Å². The van der Waals surface area contributed by atoms with Crippen molar-refractivity contribution in [2.45, 2.75) is 38.7 Å². The Morgan fingerprint density at radius 3 is 2.63 bits per heavy atom. The normalized spacial score (nSPS) is 24.4. The van der Waals surface area contributed by atoms with Crippen molar-refractivity contribution in [2.75, 3.05) is 12.0 Å². The molecule has 2 amide bonds. The number of aliphatic hydroxyl groups excluding tert-OH is 1. The fourth-order valence-corrected chi connectivity index (χ4v) is 1.86. The summed E-state index contributed by atoms with van der Waals surface area (Å²) in [5.74, 6) is -0.0235. The summed E-state index contributed by atoms with van der Waals surface area (Å²) in [5, 5.41) is 14.6. The quantitative estimate of drug-likeness (QED) is 0.900. The summed E-state index contributed by atoms with van der Waals surface area (Å²) in [6, 6.07) is 0.110. The Hall–Kier alpha value is -1.67. The van der Waals surface area contributed by atoms with Crippen molar-refractivity contribution in [3.05, 3.63) is 11.8 Å². The molecule has 1 aromatic heterocycles. The lowest BCUT2D eigenvalue weighted by Crippen LogP contribution is -2.35. The van der Waals surface area contributed by atoms with Crippen LogP contribution in [0.15, 0.2) is 10.6 Å². The average molecular weight is 273 g/mol. The van der Waals surface area contributed by atoms with Gasteiger partial charge in [0.05, 0.1) is 7.11 Å². The van der Waals surface area contributed by atoms with Crippen LogP contribution in [0.4, 0.5) is 15.1 Å². The van der Waals surface area contributed by atoms with Crippen LogP contribution in [-0.2, 0) is 10.5 Å². The molecule has 1 N–H and O–H groups in total. The molecule has 0 aromatic carbocycles. The molecule has 19 heavy (non-hydrogen) atoms. The second kappa shape index (κ2) is 4.46. The maximum atomic E-state index is 13.7. The van der Waals surface area contributed by atoms with E-state index in [0.29, 0.717) is 0 Å². The molecule has 1 aliphatic heterocycles. The van der Waals surface area contributed by atoms with Gasteiger partial charge in [-0.05, 0) is 20.8 Å². The lowest BCUT2D eigenvalue weighted by Gasteiger charge is -2.16. The Balaban J connectivity index is 2.32. The van der Waals surface area contributed by atoms with Crippen LogP contribution in [0.5, 0.6) is 0 Å². The zero-order chi connectivity index (χ0) is 14.4. The Morgan fingerprint density at radius 1 is 1.58 bits per heavy atom. The SMILES string of the molecule is CON1C(=O)N(c2cc(C(C)(C)F)no2)C(O)C1C. The Morgan fingerprint density at radius 2 is 2.21 bits per heavy atom. The first kappa shape index (κ1) is 13.8. The van der Waals surface area contributed by atoms with Crippen molar-refractivity contribution in [2.24, 2.45) is 0 Å². The van der Waals surface area contributed by atoms with Gasteiger partial charge in [-0.2, -0.15) is 5.06 Å². The van der Waals surface area contributed by atoms with E-state index in [0.717, 1.165) is 9.96 Å². The summed E-state index contributed by atoms with van der Waals surface area (Å²) in [6.07, 6.45) is -1.16. The summed E-state index contributed by atoms with van der Waals surface area (Å²) in [6.45, 7) is 4.25. The molecule has 106 valence electrons. The van der Waals surface area contributed by atoms with Crippen molar-refractivity contribution in [1.29, 1.82) is 0 Å². The van der Waals surface area contributed by atoms with E-state index in [1.807, 2.05) is 0 Å². The molecule has 0 spiro atoms. The van der Waals surface area contributed by atoms with Gasteiger partial charge in [-0.25, -0.2) is 14.1 Å². The van der Waals surface area contributed by atoms with Crippen LogP contribution in [0.3, 0.4) is 0 Å². The number of carbonyl (C=O) groups excluding carboxylic acids is 1. The van der Waals surface area contributed by atoms with E-state index in [9.17, 15) is 14.3 Å². The zero-order valence-electron chi connectivity index (χ0n) is 11.1. The first-order valence-electron chi connectivity index (χ1n) is 5.78.